The second-order valence-electron chi connectivity index (χ2n) is 8.77. The molecule has 0 fully saturated rings. The third-order valence-electron chi connectivity index (χ3n) is 5.79. The van der Waals surface area contributed by atoms with E-state index in [1.54, 1.807) is 48.5 Å². The average Bonchev–Trinajstić information content (AvgIpc) is 2.98. The van der Waals surface area contributed by atoms with Gasteiger partial charge in [-0.1, -0.05) is 65.1 Å². The highest BCUT2D eigenvalue weighted by atomic mass is 35.5. The molecule has 4 rings (SSSR count). The van der Waals surface area contributed by atoms with E-state index in [0.717, 1.165) is 9.87 Å². The van der Waals surface area contributed by atoms with Crippen molar-refractivity contribution in [2.45, 2.75) is 18.4 Å². The number of carbonyl (C=O) groups excluding carboxylic acids is 1. The van der Waals surface area contributed by atoms with E-state index in [-0.39, 0.29) is 20.6 Å². The Kier molecular flexibility index (Phi) is 10.7. The third-order valence-corrected chi connectivity index (χ3v) is 8.57. The van der Waals surface area contributed by atoms with Crippen LogP contribution in [0.4, 0.5) is 5.69 Å². The van der Waals surface area contributed by atoms with E-state index in [1.807, 2.05) is 19.1 Å². The van der Waals surface area contributed by atoms with E-state index in [0.29, 0.717) is 35.3 Å². The summed E-state index contributed by atoms with van der Waals surface area (Å²) in [5.41, 5.74) is 4.12. The van der Waals surface area contributed by atoms with Crippen molar-refractivity contribution < 1.29 is 22.7 Å². The molecule has 0 spiro atoms. The van der Waals surface area contributed by atoms with Crippen LogP contribution in [0.15, 0.2) is 101 Å². The van der Waals surface area contributed by atoms with Gasteiger partial charge in [-0.3, -0.25) is 9.10 Å². The highest BCUT2D eigenvalue weighted by molar-refractivity contribution is 7.92. The fourth-order valence-electron chi connectivity index (χ4n) is 3.75. The fourth-order valence-corrected chi connectivity index (χ4v) is 5.61. The van der Waals surface area contributed by atoms with Crippen molar-refractivity contribution in [3.63, 3.8) is 0 Å². The summed E-state index contributed by atoms with van der Waals surface area (Å²) in [5, 5.41) is 5.04. The Morgan fingerprint density at radius 3 is 2.31 bits per heavy atom. The summed E-state index contributed by atoms with van der Waals surface area (Å²) in [5.74, 6) is 0.364. The van der Waals surface area contributed by atoms with E-state index < -0.39 is 22.5 Å². The molecule has 4 aromatic rings. The minimum absolute atomic E-state index is 0.00852. The highest BCUT2D eigenvalue weighted by Crippen LogP contribution is 2.31. The molecule has 0 heterocycles. The first-order valence-electron chi connectivity index (χ1n) is 12.7. The number of anilines is 1. The van der Waals surface area contributed by atoms with Gasteiger partial charge >= 0.3 is 0 Å². The molecule has 0 aliphatic rings. The molecule has 1 N–H and O–H groups in total. The number of ether oxygens (including phenoxy) is 2. The number of nitrogens with one attached hydrogen (secondary N) is 1. The molecule has 0 radical (unpaired) electrons. The van der Waals surface area contributed by atoms with Crippen molar-refractivity contribution in [1.29, 1.82) is 0 Å². The molecule has 4 aromatic carbocycles. The number of hydrazone groups is 1. The number of rotatable bonds is 12. The van der Waals surface area contributed by atoms with E-state index >= 15 is 0 Å². The zero-order valence-corrected chi connectivity index (χ0v) is 25.4. The van der Waals surface area contributed by atoms with E-state index in [9.17, 15) is 13.2 Å². The summed E-state index contributed by atoms with van der Waals surface area (Å²) in [6, 6.07) is 24.6. The Bertz CT molecular complexity index is 1670. The lowest BCUT2D eigenvalue weighted by Crippen LogP contribution is -2.39. The van der Waals surface area contributed by atoms with Gasteiger partial charge < -0.3 is 9.47 Å². The van der Waals surface area contributed by atoms with Crippen LogP contribution in [0.5, 0.6) is 11.5 Å². The fraction of sp³-hybridized carbons (Fsp3) is 0.133. The maximum atomic E-state index is 13.4. The van der Waals surface area contributed by atoms with Crippen LogP contribution in [-0.2, 0) is 21.4 Å². The zero-order chi connectivity index (χ0) is 30.1. The number of nitrogens with zero attached hydrogens (tertiary/aromatic N) is 2. The summed E-state index contributed by atoms with van der Waals surface area (Å²) in [4.78, 5) is 12.9. The van der Waals surface area contributed by atoms with E-state index in [4.69, 9.17) is 44.3 Å². The molecule has 0 aliphatic heterocycles. The van der Waals surface area contributed by atoms with E-state index in [1.165, 1.54) is 36.5 Å². The van der Waals surface area contributed by atoms with Crippen molar-refractivity contribution in [3.05, 3.63) is 117 Å². The van der Waals surface area contributed by atoms with Crippen LogP contribution in [0.2, 0.25) is 15.1 Å². The second kappa shape index (κ2) is 14.4. The summed E-state index contributed by atoms with van der Waals surface area (Å²) in [6.07, 6.45) is 1.42. The van der Waals surface area contributed by atoms with Crippen LogP contribution < -0.4 is 19.2 Å². The lowest BCUT2D eigenvalue weighted by molar-refractivity contribution is -0.119. The molecule has 42 heavy (non-hydrogen) atoms. The van der Waals surface area contributed by atoms with Gasteiger partial charge in [0.2, 0.25) is 0 Å². The Hall–Kier alpha value is -3.76. The number of amides is 1. The van der Waals surface area contributed by atoms with Gasteiger partial charge in [-0.15, -0.1) is 0 Å². The van der Waals surface area contributed by atoms with Gasteiger partial charge in [0.25, 0.3) is 15.9 Å². The SMILES string of the molecule is CCOc1cc(C=NNC(=O)CN(c2ccc(Cl)c(Cl)c2)S(=O)(=O)c2ccccc2)ccc1OCc1ccc(Cl)cc1. The minimum Gasteiger partial charge on any atom is -0.490 e. The van der Waals surface area contributed by atoms with Gasteiger partial charge in [0.05, 0.1) is 33.4 Å². The molecule has 218 valence electrons. The predicted molar refractivity (Wildman–Crippen MR) is 167 cm³/mol. The topological polar surface area (TPSA) is 97.3 Å². The maximum absolute atomic E-state index is 13.4. The van der Waals surface area contributed by atoms with Crippen molar-refractivity contribution >= 4 is 62.6 Å². The van der Waals surface area contributed by atoms with Gasteiger partial charge in [-0.25, -0.2) is 13.8 Å². The molecule has 0 unspecified atom stereocenters. The number of hydrogen-bond donors (Lipinski definition) is 1. The van der Waals surface area contributed by atoms with Gasteiger partial charge in [-0.2, -0.15) is 5.10 Å². The van der Waals surface area contributed by atoms with Crippen LogP contribution in [-0.4, -0.2) is 33.7 Å². The van der Waals surface area contributed by atoms with E-state index in [2.05, 4.69) is 10.5 Å². The van der Waals surface area contributed by atoms with Crippen molar-refractivity contribution in [1.82, 2.24) is 5.43 Å². The van der Waals surface area contributed by atoms with Gasteiger partial charge in [0, 0.05) is 5.02 Å². The van der Waals surface area contributed by atoms with Crippen LogP contribution in [0.1, 0.15) is 18.1 Å². The number of carbonyl (C=O) groups is 1. The summed E-state index contributed by atoms with van der Waals surface area (Å²) in [7, 11) is -4.12. The summed E-state index contributed by atoms with van der Waals surface area (Å²) in [6.45, 7) is 2.03. The Morgan fingerprint density at radius 2 is 1.62 bits per heavy atom. The Morgan fingerprint density at radius 1 is 0.881 bits per heavy atom. The molecule has 0 aromatic heterocycles. The average molecular weight is 647 g/mol. The van der Waals surface area contributed by atoms with Crippen LogP contribution >= 0.6 is 34.8 Å². The first-order chi connectivity index (χ1) is 20.2. The maximum Gasteiger partial charge on any atom is 0.264 e. The molecular formula is C30H26Cl3N3O5S. The highest BCUT2D eigenvalue weighted by Gasteiger charge is 2.27. The smallest absolute Gasteiger partial charge is 0.264 e. The quantitative estimate of drug-likeness (QED) is 0.132. The Labute approximate surface area is 259 Å². The van der Waals surface area contributed by atoms with Crippen molar-refractivity contribution in [2.24, 2.45) is 5.10 Å². The van der Waals surface area contributed by atoms with Gasteiger partial charge in [-0.05, 0) is 78.7 Å². The van der Waals surface area contributed by atoms with Gasteiger partial charge in [0.1, 0.15) is 13.2 Å². The normalized spacial score (nSPS) is 11.3. The Balaban J connectivity index is 1.47. The largest absolute Gasteiger partial charge is 0.490 e. The minimum atomic E-state index is -4.12. The van der Waals surface area contributed by atoms with Crippen LogP contribution in [0, 0.1) is 0 Å². The number of benzene rings is 4. The molecule has 12 heteroatoms. The predicted octanol–water partition coefficient (Wildman–Crippen LogP) is 6.97. The van der Waals surface area contributed by atoms with Crippen LogP contribution in [0.3, 0.4) is 0 Å². The lowest BCUT2D eigenvalue weighted by atomic mass is 10.2. The lowest BCUT2D eigenvalue weighted by Gasteiger charge is -2.24. The zero-order valence-electron chi connectivity index (χ0n) is 22.3. The van der Waals surface area contributed by atoms with Crippen molar-refractivity contribution in [3.8, 4) is 11.5 Å². The second-order valence-corrected chi connectivity index (χ2v) is 11.9. The third kappa shape index (κ3) is 8.17. The summed E-state index contributed by atoms with van der Waals surface area (Å²) < 4.78 is 39.5. The molecule has 0 saturated heterocycles. The van der Waals surface area contributed by atoms with Gasteiger partial charge in [0.15, 0.2) is 11.5 Å². The molecule has 0 atom stereocenters. The summed E-state index contributed by atoms with van der Waals surface area (Å²) >= 11 is 18.1. The number of halogens is 3. The van der Waals surface area contributed by atoms with Crippen LogP contribution in [0.25, 0.3) is 0 Å². The number of hydrogen-bond acceptors (Lipinski definition) is 6. The molecule has 0 bridgehead atoms. The molecule has 8 nitrogen and oxygen atoms in total. The monoisotopic (exact) mass is 645 g/mol. The van der Waals surface area contributed by atoms with Crippen molar-refractivity contribution in [2.75, 3.05) is 17.5 Å². The number of sulfonamides is 1. The molecular weight excluding hydrogens is 621 g/mol. The standard InChI is InChI=1S/C30H26Cl3N3O5S/c1-2-40-29-16-22(10-15-28(29)41-20-21-8-11-23(31)12-9-21)18-34-35-30(37)19-36(24-13-14-26(32)27(33)17-24)42(38,39)25-6-4-3-5-7-25/h3-18H,2,19-20H2,1H3,(H,35,37). The first-order valence-corrected chi connectivity index (χ1v) is 15.2. The first kappa shape index (κ1) is 31.2. The molecule has 0 aliphatic carbocycles. The molecule has 1 amide bonds. The molecule has 0 saturated carbocycles.